The van der Waals surface area contributed by atoms with E-state index in [0.29, 0.717) is 49.2 Å². The molecule has 0 spiro atoms. The number of nitrogens with zero attached hydrogens (tertiary/aromatic N) is 1. The fourth-order valence-corrected chi connectivity index (χ4v) is 3.30. The molecule has 0 radical (unpaired) electrons. The van der Waals surface area contributed by atoms with Crippen LogP contribution in [0.2, 0.25) is 0 Å². The summed E-state index contributed by atoms with van der Waals surface area (Å²) in [5, 5.41) is 9.53. The minimum Gasteiger partial charge on any atom is -0.444 e. The van der Waals surface area contributed by atoms with Crippen molar-refractivity contribution < 1.29 is 19.1 Å². The number of carbonyl (C=O) groups excluding carboxylic acids is 2. The third-order valence-corrected chi connectivity index (χ3v) is 4.50. The van der Waals surface area contributed by atoms with Gasteiger partial charge in [-0.1, -0.05) is 19.1 Å². The average molecular weight is 352 g/mol. The van der Waals surface area contributed by atoms with Crippen LogP contribution in [-0.2, 0) is 14.3 Å². The first-order valence-corrected chi connectivity index (χ1v) is 8.69. The Hall–Kier alpha value is -3.07. The second kappa shape index (κ2) is 7.44. The first kappa shape index (κ1) is 17.7. The number of Topliss-reactive ketones (excluding diaryl/α,β-unsaturated/α-hetero) is 1. The van der Waals surface area contributed by atoms with Gasteiger partial charge in [-0.15, -0.1) is 0 Å². The number of carbonyl (C=O) groups is 2. The van der Waals surface area contributed by atoms with E-state index in [2.05, 4.69) is 6.07 Å². The van der Waals surface area contributed by atoms with Gasteiger partial charge >= 0.3 is 5.97 Å². The van der Waals surface area contributed by atoms with Crippen LogP contribution in [0.5, 0.6) is 5.75 Å². The highest BCUT2D eigenvalue weighted by Gasteiger charge is 2.37. The van der Waals surface area contributed by atoms with Crippen molar-refractivity contribution in [2.75, 3.05) is 0 Å². The number of rotatable bonds is 4. The van der Waals surface area contributed by atoms with Crippen LogP contribution in [0.4, 0.5) is 0 Å². The summed E-state index contributed by atoms with van der Waals surface area (Å²) in [5.41, 5.74) is 7.40. The summed E-state index contributed by atoms with van der Waals surface area (Å²) >= 11 is 0. The standard InChI is InChI=1S/C20H20N2O4/c1-2-4-17(24)25-13-9-7-12(8-10-13)18-14(11-21)20(22)26-16-6-3-5-15(23)19(16)18/h7-10,18H,2-6,22H2,1H3. The van der Waals surface area contributed by atoms with Crippen molar-refractivity contribution in [2.45, 2.75) is 44.9 Å². The van der Waals surface area contributed by atoms with Gasteiger partial charge in [-0.25, -0.2) is 0 Å². The van der Waals surface area contributed by atoms with Gasteiger partial charge in [0.15, 0.2) is 5.78 Å². The second-order valence-corrected chi connectivity index (χ2v) is 6.33. The van der Waals surface area contributed by atoms with Gasteiger partial charge in [0.25, 0.3) is 0 Å². The number of esters is 1. The molecule has 0 bridgehead atoms. The Kier molecular flexibility index (Phi) is 5.08. The smallest absolute Gasteiger partial charge is 0.311 e. The number of allylic oxidation sites excluding steroid dienone is 3. The molecule has 2 aliphatic rings. The Bertz CT molecular complexity index is 844. The molecule has 1 aliphatic heterocycles. The topological polar surface area (TPSA) is 102 Å². The number of hydrogen-bond donors (Lipinski definition) is 1. The van der Waals surface area contributed by atoms with Crippen molar-refractivity contribution >= 4 is 11.8 Å². The van der Waals surface area contributed by atoms with Crippen molar-refractivity contribution in [1.29, 1.82) is 5.26 Å². The lowest BCUT2D eigenvalue weighted by Gasteiger charge is -2.31. The zero-order valence-corrected chi connectivity index (χ0v) is 14.6. The van der Waals surface area contributed by atoms with Crippen LogP contribution in [0, 0.1) is 11.3 Å². The Morgan fingerprint density at radius 3 is 2.73 bits per heavy atom. The van der Waals surface area contributed by atoms with Crippen LogP contribution in [0.15, 0.2) is 47.1 Å². The predicted octanol–water partition coefficient (Wildman–Crippen LogP) is 3.21. The molecule has 26 heavy (non-hydrogen) atoms. The fraction of sp³-hybridized carbons (Fsp3) is 0.350. The fourth-order valence-electron chi connectivity index (χ4n) is 3.30. The molecule has 1 heterocycles. The highest BCUT2D eigenvalue weighted by molar-refractivity contribution is 5.99. The van der Waals surface area contributed by atoms with E-state index in [1.165, 1.54) is 0 Å². The zero-order valence-electron chi connectivity index (χ0n) is 14.6. The summed E-state index contributed by atoms with van der Waals surface area (Å²) in [6.07, 6.45) is 2.84. The molecule has 0 aromatic heterocycles. The maximum Gasteiger partial charge on any atom is 0.311 e. The van der Waals surface area contributed by atoms with Crippen molar-refractivity contribution in [2.24, 2.45) is 5.73 Å². The second-order valence-electron chi connectivity index (χ2n) is 6.33. The van der Waals surface area contributed by atoms with Gasteiger partial charge in [-0.3, -0.25) is 9.59 Å². The Morgan fingerprint density at radius 2 is 2.08 bits per heavy atom. The van der Waals surface area contributed by atoms with Crippen molar-refractivity contribution in [3.8, 4) is 11.8 Å². The number of ether oxygens (including phenoxy) is 2. The third kappa shape index (κ3) is 3.33. The van der Waals surface area contributed by atoms with E-state index in [4.69, 9.17) is 15.2 Å². The molecule has 0 amide bonds. The van der Waals surface area contributed by atoms with Crippen molar-refractivity contribution in [3.05, 3.63) is 52.6 Å². The van der Waals surface area contributed by atoms with Gasteiger partial charge in [0.05, 0.1) is 5.92 Å². The number of hydrogen-bond acceptors (Lipinski definition) is 6. The van der Waals surface area contributed by atoms with Crippen LogP contribution in [-0.4, -0.2) is 11.8 Å². The Balaban J connectivity index is 1.95. The maximum atomic E-state index is 12.5. The van der Waals surface area contributed by atoms with E-state index in [0.717, 1.165) is 5.56 Å². The minimum absolute atomic E-state index is 0.0186. The molecule has 1 atom stereocenters. The van der Waals surface area contributed by atoms with Crippen LogP contribution >= 0.6 is 0 Å². The van der Waals surface area contributed by atoms with Gasteiger partial charge in [0.2, 0.25) is 5.88 Å². The van der Waals surface area contributed by atoms with E-state index >= 15 is 0 Å². The Morgan fingerprint density at radius 1 is 1.35 bits per heavy atom. The van der Waals surface area contributed by atoms with Gasteiger partial charge in [-0.2, -0.15) is 5.26 Å². The number of benzene rings is 1. The number of nitriles is 1. The normalized spacial score (nSPS) is 19.5. The van der Waals surface area contributed by atoms with E-state index in [1.54, 1.807) is 24.3 Å². The van der Waals surface area contributed by atoms with E-state index < -0.39 is 5.92 Å². The molecular formula is C20H20N2O4. The third-order valence-electron chi connectivity index (χ3n) is 4.50. The quantitative estimate of drug-likeness (QED) is 0.659. The minimum atomic E-state index is -0.544. The number of ketones is 1. The molecule has 6 nitrogen and oxygen atoms in total. The van der Waals surface area contributed by atoms with E-state index in [1.807, 2.05) is 6.92 Å². The van der Waals surface area contributed by atoms with Crippen LogP contribution < -0.4 is 10.5 Å². The molecule has 134 valence electrons. The van der Waals surface area contributed by atoms with Gasteiger partial charge in [-0.05, 0) is 30.5 Å². The molecule has 2 N–H and O–H groups in total. The van der Waals surface area contributed by atoms with Crippen molar-refractivity contribution in [3.63, 3.8) is 0 Å². The van der Waals surface area contributed by atoms with Gasteiger partial charge < -0.3 is 15.2 Å². The first-order chi connectivity index (χ1) is 12.5. The summed E-state index contributed by atoms with van der Waals surface area (Å²) in [5.74, 6) is 0.178. The molecule has 0 saturated heterocycles. The van der Waals surface area contributed by atoms with Crippen LogP contribution in [0.3, 0.4) is 0 Å². The predicted molar refractivity (Wildman–Crippen MR) is 93.5 cm³/mol. The summed E-state index contributed by atoms with van der Waals surface area (Å²) in [6, 6.07) is 8.91. The number of nitrogens with two attached hydrogens (primary N) is 1. The monoisotopic (exact) mass is 352 g/mol. The van der Waals surface area contributed by atoms with Crippen LogP contribution in [0.1, 0.15) is 50.5 Å². The molecule has 1 unspecified atom stereocenters. The molecule has 6 heteroatoms. The largest absolute Gasteiger partial charge is 0.444 e. The average Bonchev–Trinajstić information content (AvgIpc) is 2.62. The zero-order chi connectivity index (χ0) is 18.7. The SMILES string of the molecule is CCCC(=O)Oc1ccc(C2C(C#N)=C(N)OC3=C2C(=O)CCC3)cc1. The lowest BCUT2D eigenvalue weighted by Crippen LogP contribution is -2.27. The van der Waals surface area contributed by atoms with E-state index in [9.17, 15) is 14.9 Å². The van der Waals surface area contributed by atoms with E-state index in [-0.39, 0.29) is 23.2 Å². The molecular weight excluding hydrogens is 332 g/mol. The van der Waals surface area contributed by atoms with Gasteiger partial charge in [0, 0.05) is 24.8 Å². The molecule has 3 rings (SSSR count). The molecule has 0 fully saturated rings. The summed E-state index contributed by atoms with van der Waals surface area (Å²) in [6.45, 7) is 1.90. The van der Waals surface area contributed by atoms with Crippen molar-refractivity contribution in [1.82, 2.24) is 0 Å². The summed E-state index contributed by atoms with van der Waals surface area (Å²) in [7, 11) is 0. The van der Waals surface area contributed by atoms with Crippen LogP contribution in [0.25, 0.3) is 0 Å². The first-order valence-electron chi connectivity index (χ1n) is 8.69. The lowest BCUT2D eigenvalue weighted by atomic mass is 9.77. The summed E-state index contributed by atoms with van der Waals surface area (Å²) in [4.78, 5) is 24.1. The Labute approximate surface area is 151 Å². The molecule has 1 aliphatic carbocycles. The highest BCUT2D eigenvalue weighted by atomic mass is 16.5. The highest BCUT2D eigenvalue weighted by Crippen LogP contribution is 2.43. The maximum absolute atomic E-state index is 12.5. The molecule has 1 aromatic rings. The van der Waals surface area contributed by atoms with Gasteiger partial charge in [0.1, 0.15) is 23.2 Å². The molecule has 0 saturated carbocycles. The summed E-state index contributed by atoms with van der Waals surface area (Å²) < 4.78 is 10.8. The molecule has 1 aromatic carbocycles. The lowest BCUT2D eigenvalue weighted by molar-refractivity contribution is -0.134.